The number of alkyl halides is 3. The molecule has 1 aliphatic rings. The summed E-state index contributed by atoms with van der Waals surface area (Å²) in [5, 5.41) is 2.51. The number of nitrogens with zero attached hydrogens (tertiary/aromatic N) is 1. The van der Waals surface area contributed by atoms with Gasteiger partial charge in [-0.3, -0.25) is 9.59 Å². The van der Waals surface area contributed by atoms with Gasteiger partial charge in [-0.2, -0.15) is 13.2 Å². The number of fused-ring (bicyclic) bond motifs is 1. The number of carbonyl (C=O) groups is 2. The number of anilines is 1. The highest BCUT2D eigenvalue weighted by Gasteiger charge is 2.35. The summed E-state index contributed by atoms with van der Waals surface area (Å²) in [6, 6.07) is 8.02. The fraction of sp³-hybridized carbons (Fsp3) is 0.200. The van der Waals surface area contributed by atoms with Gasteiger partial charge in [0.15, 0.2) is 0 Å². The molecule has 0 fully saturated rings. The molecule has 12 heteroatoms. The third kappa shape index (κ3) is 5.63. The number of hydrogen-bond acceptors (Lipinski definition) is 5. The maximum Gasteiger partial charge on any atom is 0.419 e. The monoisotopic (exact) mass is 524 g/mol. The van der Waals surface area contributed by atoms with Crippen LogP contribution in [-0.4, -0.2) is 25.7 Å². The molecule has 3 aromatic carbocycles. The Labute approximate surface area is 206 Å². The van der Waals surface area contributed by atoms with E-state index in [9.17, 15) is 35.9 Å². The van der Waals surface area contributed by atoms with Crippen molar-refractivity contribution in [3.63, 3.8) is 0 Å². The standard InChI is InChI=1S/C25H18F6N2O4/c1-36-23(34)7-13-2-5-22(18(6-13)25(29,30)31)37-15-3-4-21-16(10-15)24(35)32-12-33(21)11-17-19(27)8-14(26)9-20(17)28/h2-6,8-10H,7,11-12H2,1H3,(H,32,35). The summed E-state index contributed by atoms with van der Waals surface area (Å²) < 4.78 is 92.5. The normalized spacial score (nSPS) is 13.2. The average Bonchev–Trinajstić information content (AvgIpc) is 2.83. The Balaban J connectivity index is 1.64. The molecule has 0 radical (unpaired) electrons. The minimum Gasteiger partial charge on any atom is -0.469 e. The Morgan fingerprint density at radius 2 is 1.73 bits per heavy atom. The van der Waals surface area contributed by atoms with Crippen molar-refractivity contribution < 1.29 is 45.4 Å². The number of halogens is 6. The first-order valence-electron chi connectivity index (χ1n) is 10.7. The fourth-order valence-electron chi connectivity index (χ4n) is 3.80. The third-order valence-electron chi connectivity index (χ3n) is 5.59. The van der Waals surface area contributed by atoms with Gasteiger partial charge in [-0.25, -0.2) is 13.2 Å². The molecule has 0 aromatic heterocycles. The van der Waals surface area contributed by atoms with Gasteiger partial charge in [0, 0.05) is 17.7 Å². The third-order valence-corrected chi connectivity index (χ3v) is 5.59. The summed E-state index contributed by atoms with van der Waals surface area (Å²) in [7, 11) is 1.12. The molecule has 37 heavy (non-hydrogen) atoms. The summed E-state index contributed by atoms with van der Waals surface area (Å²) >= 11 is 0. The van der Waals surface area contributed by atoms with E-state index in [1.165, 1.54) is 29.2 Å². The lowest BCUT2D eigenvalue weighted by atomic mass is 10.1. The summed E-state index contributed by atoms with van der Waals surface area (Å²) in [6.45, 7) is -0.479. The van der Waals surface area contributed by atoms with Crippen LogP contribution >= 0.6 is 0 Å². The predicted molar refractivity (Wildman–Crippen MR) is 119 cm³/mol. The van der Waals surface area contributed by atoms with Gasteiger partial charge >= 0.3 is 12.1 Å². The maximum atomic E-state index is 14.1. The van der Waals surface area contributed by atoms with Gasteiger partial charge in [-0.15, -0.1) is 0 Å². The molecule has 0 bridgehead atoms. The van der Waals surface area contributed by atoms with E-state index >= 15 is 0 Å². The average molecular weight is 524 g/mol. The van der Waals surface area contributed by atoms with E-state index in [1.807, 2.05) is 0 Å². The largest absolute Gasteiger partial charge is 0.469 e. The Bertz CT molecular complexity index is 1350. The van der Waals surface area contributed by atoms with Gasteiger partial charge in [-0.1, -0.05) is 6.07 Å². The van der Waals surface area contributed by atoms with Crippen molar-refractivity contribution in [3.05, 3.63) is 88.2 Å². The van der Waals surface area contributed by atoms with Crippen LogP contribution in [0.15, 0.2) is 48.5 Å². The lowest BCUT2D eigenvalue weighted by Crippen LogP contribution is -2.43. The minimum absolute atomic E-state index is 0.0115. The molecule has 1 heterocycles. The molecule has 0 saturated heterocycles. The summed E-state index contributed by atoms with van der Waals surface area (Å²) in [5.41, 5.74) is -1.27. The molecule has 1 aliphatic heterocycles. The Morgan fingerprint density at radius 1 is 1.03 bits per heavy atom. The SMILES string of the molecule is COC(=O)Cc1ccc(Oc2ccc3c(c2)C(=O)NCN3Cc2c(F)cc(F)cc2F)c(C(F)(F)F)c1. The number of hydrogen-bond donors (Lipinski definition) is 1. The van der Waals surface area contributed by atoms with Crippen molar-refractivity contribution in [2.45, 2.75) is 19.1 Å². The molecule has 6 nitrogen and oxygen atoms in total. The molecule has 194 valence electrons. The quantitative estimate of drug-likeness (QED) is 0.349. The number of benzene rings is 3. The van der Waals surface area contributed by atoms with E-state index < -0.39 is 52.4 Å². The van der Waals surface area contributed by atoms with Crippen LogP contribution in [0.2, 0.25) is 0 Å². The van der Waals surface area contributed by atoms with Crippen molar-refractivity contribution >= 4 is 17.6 Å². The lowest BCUT2D eigenvalue weighted by molar-refractivity contribution is -0.141. The van der Waals surface area contributed by atoms with Crippen molar-refractivity contribution in [1.29, 1.82) is 0 Å². The van der Waals surface area contributed by atoms with Crippen molar-refractivity contribution in [2.24, 2.45) is 0 Å². The van der Waals surface area contributed by atoms with E-state index in [0.717, 1.165) is 19.2 Å². The number of nitrogens with one attached hydrogen (secondary N) is 1. The number of esters is 1. The first-order chi connectivity index (χ1) is 17.5. The van der Waals surface area contributed by atoms with Crippen LogP contribution in [0.25, 0.3) is 0 Å². The van der Waals surface area contributed by atoms with Crippen LogP contribution in [0, 0.1) is 17.5 Å². The van der Waals surface area contributed by atoms with Gasteiger partial charge in [-0.05, 0) is 35.9 Å². The topological polar surface area (TPSA) is 67.9 Å². The van der Waals surface area contributed by atoms with Crippen LogP contribution in [0.3, 0.4) is 0 Å². The summed E-state index contributed by atoms with van der Waals surface area (Å²) in [5.74, 6) is -5.26. The van der Waals surface area contributed by atoms with Crippen molar-refractivity contribution in [2.75, 3.05) is 18.7 Å². The molecule has 1 amide bonds. The summed E-state index contributed by atoms with van der Waals surface area (Å²) in [4.78, 5) is 25.3. The maximum absolute atomic E-state index is 14.1. The summed E-state index contributed by atoms with van der Waals surface area (Å²) in [6.07, 6.45) is -5.18. The number of rotatable bonds is 6. The lowest BCUT2D eigenvalue weighted by Gasteiger charge is -2.31. The molecular formula is C25H18F6N2O4. The molecule has 0 spiro atoms. The molecule has 4 rings (SSSR count). The van der Waals surface area contributed by atoms with Crippen LogP contribution in [0.4, 0.5) is 32.0 Å². The zero-order valence-corrected chi connectivity index (χ0v) is 19.1. The van der Waals surface area contributed by atoms with Crippen LogP contribution < -0.4 is 15.0 Å². The first-order valence-corrected chi connectivity index (χ1v) is 10.7. The number of methoxy groups -OCH3 is 1. The molecule has 0 saturated carbocycles. The van der Waals surface area contributed by atoms with Gasteiger partial charge in [0.25, 0.3) is 5.91 Å². The predicted octanol–water partition coefficient (Wildman–Crippen LogP) is 5.34. The smallest absolute Gasteiger partial charge is 0.419 e. The van der Waals surface area contributed by atoms with E-state index in [4.69, 9.17) is 4.74 Å². The van der Waals surface area contributed by atoms with E-state index in [2.05, 4.69) is 10.1 Å². The molecule has 1 N–H and O–H groups in total. The highest BCUT2D eigenvalue weighted by atomic mass is 19.4. The second-order valence-corrected chi connectivity index (χ2v) is 8.07. The Morgan fingerprint density at radius 3 is 2.38 bits per heavy atom. The molecular weight excluding hydrogens is 506 g/mol. The minimum atomic E-state index is -4.81. The second-order valence-electron chi connectivity index (χ2n) is 8.07. The van der Waals surface area contributed by atoms with Gasteiger partial charge in [0.2, 0.25) is 0 Å². The van der Waals surface area contributed by atoms with Crippen LogP contribution in [0.1, 0.15) is 27.0 Å². The highest BCUT2D eigenvalue weighted by molar-refractivity contribution is 6.02. The second kappa shape index (κ2) is 10.0. The van der Waals surface area contributed by atoms with Crippen molar-refractivity contribution in [1.82, 2.24) is 5.32 Å². The zero-order valence-electron chi connectivity index (χ0n) is 19.1. The number of ether oxygens (including phenoxy) is 2. The number of amides is 1. The van der Waals surface area contributed by atoms with E-state index in [-0.39, 0.29) is 42.2 Å². The molecule has 0 aliphatic carbocycles. The van der Waals surface area contributed by atoms with Crippen molar-refractivity contribution in [3.8, 4) is 11.5 Å². The Kier molecular flexibility index (Phi) is 7.01. The van der Waals surface area contributed by atoms with Crippen LogP contribution in [0.5, 0.6) is 11.5 Å². The van der Waals surface area contributed by atoms with Crippen LogP contribution in [-0.2, 0) is 28.7 Å². The Hall–Kier alpha value is -4.22. The van der Waals surface area contributed by atoms with Gasteiger partial charge in [0.05, 0.1) is 43.6 Å². The fourth-order valence-corrected chi connectivity index (χ4v) is 3.80. The van der Waals surface area contributed by atoms with E-state index in [1.54, 1.807) is 0 Å². The molecule has 0 unspecified atom stereocenters. The zero-order chi connectivity index (χ0) is 26.9. The van der Waals surface area contributed by atoms with E-state index in [0.29, 0.717) is 12.1 Å². The van der Waals surface area contributed by atoms with Gasteiger partial charge in [0.1, 0.15) is 29.0 Å². The number of carbonyl (C=O) groups excluding carboxylic acids is 2. The molecule has 0 atom stereocenters. The molecule has 3 aromatic rings. The highest BCUT2D eigenvalue weighted by Crippen LogP contribution is 2.40. The van der Waals surface area contributed by atoms with Gasteiger partial charge < -0.3 is 19.7 Å². The first kappa shape index (κ1) is 25.9.